The lowest BCUT2D eigenvalue weighted by atomic mass is 9.82. The van der Waals surface area contributed by atoms with Crippen molar-refractivity contribution < 1.29 is 30.6 Å². The molecule has 8 heteroatoms. The fourth-order valence-corrected chi connectivity index (χ4v) is 8.53. The van der Waals surface area contributed by atoms with E-state index in [0.717, 1.165) is 43.8 Å². The van der Waals surface area contributed by atoms with Gasteiger partial charge in [-0.1, -0.05) is 121 Å². The summed E-state index contributed by atoms with van der Waals surface area (Å²) in [7, 11) is 0. The molecule has 0 aliphatic carbocycles. The molecule has 0 spiro atoms. The van der Waals surface area contributed by atoms with Crippen LogP contribution in [0.5, 0.6) is 34.5 Å². The number of phenols is 6. The molecule has 0 saturated carbocycles. The van der Waals surface area contributed by atoms with E-state index in [2.05, 4.69) is 6.07 Å². The normalized spacial score (nSPS) is 11.8. The van der Waals surface area contributed by atoms with Gasteiger partial charge in [0, 0.05) is 32.7 Å². The van der Waals surface area contributed by atoms with Crippen LogP contribution >= 0.6 is 0 Å². The van der Waals surface area contributed by atoms with Crippen LogP contribution in [0.2, 0.25) is 0 Å². The lowest BCUT2D eigenvalue weighted by molar-refractivity contribution is 0.410. The molecule has 10 rings (SSSR count). The van der Waals surface area contributed by atoms with Crippen LogP contribution in [0.4, 0.5) is 11.4 Å². The van der Waals surface area contributed by atoms with Gasteiger partial charge in [-0.3, -0.25) is 0 Å². The van der Waals surface area contributed by atoms with E-state index < -0.39 is 34.5 Å². The maximum absolute atomic E-state index is 12.1. The van der Waals surface area contributed by atoms with Gasteiger partial charge < -0.3 is 42.1 Å². The molecule has 0 aromatic heterocycles. The summed E-state index contributed by atoms with van der Waals surface area (Å²) < 4.78 is 0. The van der Waals surface area contributed by atoms with E-state index in [4.69, 9.17) is 11.5 Å². The van der Waals surface area contributed by atoms with E-state index >= 15 is 0 Å². The van der Waals surface area contributed by atoms with Crippen molar-refractivity contribution in [3.8, 4) is 79.0 Å². The summed E-state index contributed by atoms with van der Waals surface area (Å²) in [5, 5.41) is 74.7. The SMILES string of the molecule is Nc1c(O)c(-c2ccc(-c3cccc4ccccc34)cc2)c2c(O)c(O)c3c(-c4cccc(-c5ccc6ccccc6c5)c4)c(O)c(N)c4c(O)c(O)c1c2c43. The lowest BCUT2D eigenvalue weighted by Gasteiger charge is -2.24. The van der Waals surface area contributed by atoms with Gasteiger partial charge in [0.15, 0.2) is 23.0 Å². The summed E-state index contributed by atoms with van der Waals surface area (Å²) in [6, 6.07) is 42.8. The van der Waals surface area contributed by atoms with E-state index in [9.17, 15) is 30.6 Å². The molecule has 0 atom stereocenters. The first-order valence-electron chi connectivity index (χ1n) is 17.9. The Morgan fingerprint density at radius 3 is 1.43 bits per heavy atom. The first-order valence-corrected chi connectivity index (χ1v) is 17.9. The number of nitrogens with two attached hydrogens (primary N) is 2. The van der Waals surface area contributed by atoms with E-state index in [-0.39, 0.29) is 54.8 Å². The second-order valence-corrected chi connectivity index (χ2v) is 14.2. The third-order valence-corrected chi connectivity index (χ3v) is 11.2. The number of rotatable bonds is 4. The smallest absolute Gasteiger partial charge is 0.168 e. The van der Waals surface area contributed by atoms with Gasteiger partial charge in [0.05, 0.1) is 22.1 Å². The van der Waals surface area contributed by atoms with Crippen molar-refractivity contribution in [3.05, 3.63) is 133 Å². The zero-order valence-corrected chi connectivity index (χ0v) is 29.5. The summed E-state index contributed by atoms with van der Waals surface area (Å²) in [4.78, 5) is 0. The Kier molecular flexibility index (Phi) is 6.93. The van der Waals surface area contributed by atoms with Gasteiger partial charge >= 0.3 is 0 Å². The number of anilines is 2. The van der Waals surface area contributed by atoms with E-state index in [1.54, 1.807) is 18.2 Å². The highest BCUT2D eigenvalue weighted by Crippen LogP contribution is 2.62. The molecule has 0 saturated heterocycles. The number of aromatic hydroxyl groups is 6. The Balaban J connectivity index is 1.25. The van der Waals surface area contributed by atoms with Crippen molar-refractivity contribution >= 4 is 65.2 Å². The zero-order chi connectivity index (χ0) is 38.6. The quantitative estimate of drug-likeness (QED) is 0.0501. The van der Waals surface area contributed by atoms with E-state index in [0.29, 0.717) is 11.1 Å². The molecule has 0 unspecified atom stereocenters. The highest BCUT2D eigenvalue weighted by atomic mass is 16.3. The second-order valence-electron chi connectivity index (χ2n) is 14.2. The maximum atomic E-state index is 12.1. The van der Waals surface area contributed by atoms with Crippen molar-refractivity contribution in [2.75, 3.05) is 11.5 Å². The van der Waals surface area contributed by atoms with Gasteiger partial charge in [-0.05, 0) is 67.1 Å². The first kappa shape index (κ1) is 32.8. The van der Waals surface area contributed by atoms with Gasteiger partial charge in [0.25, 0.3) is 0 Å². The van der Waals surface area contributed by atoms with Crippen LogP contribution in [-0.2, 0) is 0 Å². The van der Waals surface area contributed by atoms with Gasteiger partial charge in [-0.15, -0.1) is 0 Å². The number of nitrogen functional groups attached to an aromatic ring is 2. The molecule has 0 aliphatic heterocycles. The van der Waals surface area contributed by atoms with E-state index in [1.807, 2.05) is 109 Å². The summed E-state index contributed by atoms with van der Waals surface area (Å²) in [5.74, 6) is -3.64. The van der Waals surface area contributed by atoms with Crippen molar-refractivity contribution in [2.45, 2.75) is 0 Å². The number of hydrogen-bond donors (Lipinski definition) is 8. The van der Waals surface area contributed by atoms with E-state index in [1.165, 1.54) is 0 Å². The minimum atomic E-state index is -0.712. The van der Waals surface area contributed by atoms with Gasteiger partial charge in [0.1, 0.15) is 11.5 Å². The molecule has 0 aliphatic rings. The number of hydrogen-bond acceptors (Lipinski definition) is 8. The molecule has 0 fully saturated rings. The van der Waals surface area contributed by atoms with Crippen molar-refractivity contribution in [3.63, 3.8) is 0 Å². The molecule has 0 amide bonds. The lowest BCUT2D eigenvalue weighted by Crippen LogP contribution is -2.00. The predicted octanol–water partition coefficient (Wildman–Crippen LogP) is 11.0. The zero-order valence-electron chi connectivity index (χ0n) is 29.5. The fraction of sp³-hybridized carbons (Fsp3) is 0. The van der Waals surface area contributed by atoms with Crippen LogP contribution in [0, 0.1) is 0 Å². The minimum absolute atomic E-state index is 0.0316. The molecular formula is C48H32N2O6. The Labute approximate surface area is 318 Å². The van der Waals surface area contributed by atoms with Gasteiger partial charge in [-0.2, -0.15) is 0 Å². The standard InChI is InChI=1S/C48H32N2O6/c49-41-39-35-36-38(46(54)45(53)37(35)33(43(41)51)26-18-16-25(17-19-26)32-14-6-10-24-8-3-4-13-31(24)32)34(44(52)42(50)40(36)48(56)47(39)55)30-12-5-11-28(22-30)29-20-15-23-7-1-2-9-27(23)21-29/h1-22,51-56H,49-50H2. The molecule has 0 bridgehead atoms. The van der Waals surface area contributed by atoms with Crippen LogP contribution in [0.3, 0.4) is 0 Å². The average molecular weight is 733 g/mol. The first-order chi connectivity index (χ1) is 27.1. The third kappa shape index (κ3) is 4.47. The summed E-state index contributed by atoms with van der Waals surface area (Å²) in [6.45, 7) is 0. The summed E-state index contributed by atoms with van der Waals surface area (Å²) >= 11 is 0. The molecule has 8 nitrogen and oxygen atoms in total. The molecule has 10 aromatic carbocycles. The predicted molar refractivity (Wildman–Crippen MR) is 226 cm³/mol. The van der Waals surface area contributed by atoms with Gasteiger partial charge in [0.2, 0.25) is 0 Å². The summed E-state index contributed by atoms with van der Waals surface area (Å²) in [6.07, 6.45) is 0. The van der Waals surface area contributed by atoms with Crippen molar-refractivity contribution in [1.82, 2.24) is 0 Å². The maximum Gasteiger partial charge on any atom is 0.168 e. The molecule has 10 aromatic rings. The Morgan fingerprint density at radius 2 is 0.768 bits per heavy atom. The number of fused-ring (bicyclic) bond motifs is 2. The molecule has 0 radical (unpaired) electrons. The molecule has 0 heterocycles. The van der Waals surface area contributed by atoms with Crippen molar-refractivity contribution in [1.29, 1.82) is 0 Å². The molecular weight excluding hydrogens is 701 g/mol. The Hall–Kier alpha value is -7.84. The van der Waals surface area contributed by atoms with Crippen LogP contribution in [0.1, 0.15) is 0 Å². The summed E-state index contributed by atoms with van der Waals surface area (Å²) in [5.41, 5.74) is 17.4. The minimum Gasteiger partial charge on any atom is -0.505 e. The monoisotopic (exact) mass is 732 g/mol. The topological polar surface area (TPSA) is 173 Å². The second kappa shape index (κ2) is 11.8. The Morgan fingerprint density at radius 1 is 0.304 bits per heavy atom. The van der Waals surface area contributed by atoms with Crippen LogP contribution in [-0.4, -0.2) is 30.6 Å². The largest absolute Gasteiger partial charge is 0.505 e. The third-order valence-electron chi connectivity index (χ3n) is 11.2. The van der Waals surface area contributed by atoms with Crippen LogP contribution in [0.15, 0.2) is 133 Å². The number of phenolic OH excluding ortho intramolecular Hbond substituents is 6. The number of benzene rings is 10. The van der Waals surface area contributed by atoms with Gasteiger partial charge in [-0.25, -0.2) is 0 Å². The van der Waals surface area contributed by atoms with Crippen LogP contribution < -0.4 is 11.5 Å². The highest BCUT2D eigenvalue weighted by molar-refractivity contribution is 6.38. The molecule has 10 N–H and O–H groups in total. The Bertz CT molecular complexity index is 3280. The highest BCUT2D eigenvalue weighted by Gasteiger charge is 2.33. The molecule has 56 heavy (non-hydrogen) atoms. The average Bonchev–Trinajstić information content (AvgIpc) is 3.23. The fourth-order valence-electron chi connectivity index (χ4n) is 8.53. The van der Waals surface area contributed by atoms with Crippen molar-refractivity contribution in [2.24, 2.45) is 0 Å². The van der Waals surface area contributed by atoms with Crippen LogP contribution in [0.25, 0.3) is 98.4 Å². The molecule has 270 valence electrons.